The van der Waals surface area contributed by atoms with Crippen molar-refractivity contribution in [3.05, 3.63) is 59.2 Å². The van der Waals surface area contributed by atoms with E-state index in [2.05, 4.69) is 6.07 Å². The summed E-state index contributed by atoms with van der Waals surface area (Å²) in [6, 6.07) is 14.0. The van der Waals surface area contributed by atoms with E-state index in [0.29, 0.717) is 0 Å². The molecule has 2 amide bonds. The first-order valence-electron chi connectivity index (χ1n) is 8.64. The van der Waals surface area contributed by atoms with Crippen LogP contribution in [-0.4, -0.2) is 24.4 Å². The van der Waals surface area contributed by atoms with Crippen molar-refractivity contribution in [3.63, 3.8) is 0 Å². The number of carbonyl (C=O) groups excluding carboxylic acids is 2. The van der Waals surface area contributed by atoms with Gasteiger partial charge in [0.25, 0.3) is 0 Å². The SMILES string of the molecule is CC(=O)N(CC(=O)N1c2ccccc2CC1C)c1ccc(C)cc1C. The summed E-state index contributed by atoms with van der Waals surface area (Å²) in [6.07, 6.45) is 0.853. The average molecular weight is 336 g/mol. The molecule has 0 aliphatic carbocycles. The number of benzene rings is 2. The summed E-state index contributed by atoms with van der Waals surface area (Å²) in [5.41, 5.74) is 5.08. The molecular weight excluding hydrogens is 312 g/mol. The Morgan fingerprint density at radius 2 is 1.88 bits per heavy atom. The van der Waals surface area contributed by atoms with Gasteiger partial charge in [-0.1, -0.05) is 35.9 Å². The quantitative estimate of drug-likeness (QED) is 0.859. The van der Waals surface area contributed by atoms with Crippen molar-refractivity contribution in [2.24, 2.45) is 0 Å². The summed E-state index contributed by atoms with van der Waals surface area (Å²) < 4.78 is 0. The third-order valence-corrected chi connectivity index (χ3v) is 4.79. The fourth-order valence-corrected chi connectivity index (χ4v) is 3.63. The zero-order valence-corrected chi connectivity index (χ0v) is 15.2. The molecule has 4 nitrogen and oxygen atoms in total. The van der Waals surface area contributed by atoms with Gasteiger partial charge in [0, 0.05) is 24.3 Å². The molecule has 0 saturated carbocycles. The molecule has 1 aliphatic rings. The second-order valence-corrected chi connectivity index (χ2v) is 6.84. The summed E-state index contributed by atoms with van der Waals surface area (Å²) in [5, 5.41) is 0. The molecule has 2 aromatic rings. The van der Waals surface area contributed by atoms with E-state index < -0.39 is 0 Å². The number of rotatable bonds is 3. The lowest BCUT2D eigenvalue weighted by atomic mass is 10.1. The van der Waals surface area contributed by atoms with Crippen LogP contribution in [-0.2, 0) is 16.0 Å². The van der Waals surface area contributed by atoms with Gasteiger partial charge in [-0.25, -0.2) is 0 Å². The molecule has 1 unspecified atom stereocenters. The number of hydrogen-bond donors (Lipinski definition) is 0. The summed E-state index contributed by atoms with van der Waals surface area (Å²) in [5.74, 6) is -0.173. The predicted octanol–water partition coefficient (Wildman–Crippen LogP) is 3.63. The number of anilines is 2. The van der Waals surface area contributed by atoms with Gasteiger partial charge in [0.1, 0.15) is 6.54 Å². The van der Waals surface area contributed by atoms with Crippen molar-refractivity contribution in [2.75, 3.05) is 16.3 Å². The molecule has 0 radical (unpaired) electrons. The maximum absolute atomic E-state index is 13.0. The van der Waals surface area contributed by atoms with E-state index in [4.69, 9.17) is 0 Å². The average Bonchev–Trinajstić information content (AvgIpc) is 2.88. The molecule has 0 N–H and O–H groups in total. The van der Waals surface area contributed by atoms with Crippen molar-refractivity contribution in [1.82, 2.24) is 0 Å². The standard InChI is InChI=1S/C21H24N2O2/c1-14-9-10-19(15(2)11-14)22(17(4)24)13-21(25)23-16(3)12-18-7-5-6-8-20(18)23/h5-11,16H,12-13H2,1-4H3. The van der Waals surface area contributed by atoms with Gasteiger partial charge < -0.3 is 9.80 Å². The van der Waals surface area contributed by atoms with Gasteiger partial charge in [-0.15, -0.1) is 0 Å². The van der Waals surface area contributed by atoms with Crippen molar-refractivity contribution < 1.29 is 9.59 Å². The Morgan fingerprint density at radius 3 is 2.56 bits per heavy atom. The number of amides is 2. The number of para-hydroxylation sites is 1. The van der Waals surface area contributed by atoms with Crippen LogP contribution in [0.1, 0.15) is 30.5 Å². The normalized spacial score (nSPS) is 15.8. The third-order valence-electron chi connectivity index (χ3n) is 4.79. The first-order valence-corrected chi connectivity index (χ1v) is 8.64. The minimum atomic E-state index is -0.125. The number of fused-ring (bicyclic) bond motifs is 1. The van der Waals surface area contributed by atoms with E-state index >= 15 is 0 Å². The topological polar surface area (TPSA) is 40.6 Å². The van der Waals surface area contributed by atoms with Gasteiger partial charge in [-0.2, -0.15) is 0 Å². The summed E-state index contributed by atoms with van der Waals surface area (Å²) >= 11 is 0. The Bertz CT molecular complexity index is 828. The third kappa shape index (κ3) is 3.29. The molecule has 1 atom stereocenters. The van der Waals surface area contributed by atoms with Gasteiger partial charge in [0.05, 0.1) is 0 Å². The Labute approximate surface area is 149 Å². The lowest BCUT2D eigenvalue weighted by Crippen LogP contribution is -2.45. The molecule has 1 heterocycles. The molecule has 0 bridgehead atoms. The van der Waals surface area contributed by atoms with Crippen LogP contribution in [0.3, 0.4) is 0 Å². The molecule has 25 heavy (non-hydrogen) atoms. The van der Waals surface area contributed by atoms with Crippen LogP contribution in [0.4, 0.5) is 11.4 Å². The fourth-order valence-electron chi connectivity index (χ4n) is 3.63. The molecule has 2 aromatic carbocycles. The van der Waals surface area contributed by atoms with E-state index in [0.717, 1.165) is 28.9 Å². The highest BCUT2D eigenvalue weighted by molar-refractivity contribution is 6.04. The molecule has 0 fully saturated rings. The van der Waals surface area contributed by atoms with Crippen LogP contribution in [0.5, 0.6) is 0 Å². The Kier molecular flexibility index (Phi) is 4.62. The Morgan fingerprint density at radius 1 is 1.16 bits per heavy atom. The highest BCUT2D eigenvalue weighted by atomic mass is 16.2. The predicted molar refractivity (Wildman–Crippen MR) is 101 cm³/mol. The number of nitrogens with zero attached hydrogens (tertiary/aromatic N) is 2. The fraction of sp³-hybridized carbons (Fsp3) is 0.333. The van der Waals surface area contributed by atoms with E-state index in [-0.39, 0.29) is 24.4 Å². The largest absolute Gasteiger partial charge is 0.307 e. The first-order chi connectivity index (χ1) is 11.9. The number of aryl methyl sites for hydroxylation is 2. The van der Waals surface area contributed by atoms with E-state index in [1.165, 1.54) is 12.5 Å². The Hall–Kier alpha value is -2.62. The molecule has 0 spiro atoms. The molecule has 4 heteroatoms. The van der Waals surface area contributed by atoms with Crippen LogP contribution >= 0.6 is 0 Å². The van der Waals surface area contributed by atoms with Crippen molar-refractivity contribution >= 4 is 23.2 Å². The molecule has 0 aromatic heterocycles. The number of carbonyl (C=O) groups is 2. The minimum Gasteiger partial charge on any atom is -0.307 e. The highest BCUT2D eigenvalue weighted by Gasteiger charge is 2.32. The maximum atomic E-state index is 13.0. The maximum Gasteiger partial charge on any atom is 0.247 e. The van der Waals surface area contributed by atoms with Crippen LogP contribution in [0.15, 0.2) is 42.5 Å². The minimum absolute atomic E-state index is 0.0485. The van der Waals surface area contributed by atoms with Crippen LogP contribution in [0.25, 0.3) is 0 Å². The van der Waals surface area contributed by atoms with E-state index in [1.807, 2.05) is 62.1 Å². The number of hydrogen-bond acceptors (Lipinski definition) is 2. The van der Waals surface area contributed by atoms with Crippen molar-refractivity contribution in [3.8, 4) is 0 Å². The lowest BCUT2D eigenvalue weighted by Gasteiger charge is -2.28. The monoisotopic (exact) mass is 336 g/mol. The lowest BCUT2D eigenvalue weighted by molar-refractivity contribution is -0.121. The second-order valence-electron chi connectivity index (χ2n) is 6.84. The molecule has 0 saturated heterocycles. The van der Waals surface area contributed by atoms with Gasteiger partial charge >= 0.3 is 0 Å². The van der Waals surface area contributed by atoms with Gasteiger partial charge in [0.2, 0.25) is 11.8 Å². The first kappa shape index (κ1) is 17.2. The zero-order valence-electron chi connectivity index (χ0n) is 15.2. The van der Waals surface area contributed by atoms with E-state index in [9.17, 15) is 9.59 Å². The van der Waals surface area contributed by atoms with E-state index in [1.54, 1.807) is 4.90 Å². The summed E-state index contributed by atoms with van der Waals surface area (Å²) in [4.78, 5) is 28.6. The zero-order chi connectivity index (χ0) is 18.1. The smallest absolute Gasteiger partial charge is 0.247 e. The van der Waals surface area contributed by atoms with Crippen LogP contribution in [0, 0.1) is 13.8 Å². The highest BCUT2D eigenvalue weighted by Crippen LogP contribution is 2.32. The van der Waals surface area contributed by atoms with Gasteiger partial charge in [-0.05, 0) is 50.5 Å². The van der Waals surface area contributed by atoms with Crippen LogP contribution in [0.2, 0.25) is 0 Å². The van der Waals surface area contributed by atoms with Crippen molar-refractivity contribution in [2.45, 2.75) is 40.2 Å². The Balaban J connectivity index is 1.88. The molecule has 3 rings (SSSR count). The summed E-state index contributed by atoms with van der Waals surface area (Å²) in [6.45, 7) is 7.60. The van der Waals surface area contributed by atoms with Gasteiger partial charge in [0.15, 0.2) is 0 Å². The molecule has 1 aliphatic heterocycles. The molecule has 130 valence electrons. The van der Waals surface area contributed by atoms with Crippen LogP contribution < -0.4 is 9.80 Å². The van der Waals surface area contributed by atoms with Gasteiger partial charge in [-0.3, -0.25) is 9.59 Å². The van der Waals surface area contributed by atoms with Crippen molar-refractivity contribution in [1.29, 1.82) is 0 Å². The molecular formula is C21H24N2O2. The second kappa shape index (κ2) is 6.71. The summed E-state index contributed by atoms with van der Waals surface area (Å²) in [7, 11) is 0.